The second-order valence-corrected chi connectivity index (χ2v) is 9.62. The number of methoxy groups -OCH3 is 1. The summed E-state index contributed by atoms with van der Waals surface area (Å²) in [6, 6.07) is 14.6. The van der Waals surface area contributed by atoms with Crippen molar-refractivity contribution in [1.29, 1.82) is 0 Å². The van der Waals surface area contributed by atoms with Crippen molar-refractivity contribution < 1.29 is 22.4 Å². The van der Waals surface area contributed by atoms with Gasteiger partial charge in [-0.3, -0.25) is 4.79 Å². The van der Waals surface area contributed by atoms with E-state index in [1.54, 1.807) is 12.0 Å². The van der Waals surface area contributed by atoms with Gasteiger partial charge in [-0.2, -0.15) is 0 Å². The minimum absolute atomic E-state index is 0.0258. The lowest BCUT2D eigenvalue weighted by molar-refractivity contribution is 0.0649. The molecule has 6 nitrogen and oxygen atoms in total. The molecule has 152 valence electrons. The van der Waals surface area contributed by atoms with Crippen molar-refractivity contribution in [2.75, 3.05) is 18.6 Å². The van der Waals surface area contributed by atoms with Crippen molar-refractivity contribution in [3.05, 3.63) is 65.4 Å². The third kappa shape index (κ3) is 3.87. The minimum atomic E-state index is -3.15. The number of aryl methyl sites for hydroxylation is 1. The predicted octanol–water partition coefficient (Wildman–Crippen LogP) is 3.58. The van der Waals surface area contributed by atoms with Crippen LogP contribution in [0.15, 0.2) is 52.9 Å². The normalized spacial score (nSPS) is 18.1. The van der Waals surface area contributed by atoms with Crippen molar-refractivity contribution in [3.8, 4) is 5.75 Å². The molecule has 1 aromatic heterocycles. The van der Waals surface area contributed by atoms with Crippen LogP contribution in [0.4, 0.5) is 0 Å². The summed E-state index contributed by atoms with van der Waals surface area (Å²) >= 11 is 0. The van der Waals surface area contributed by atoms with Crippen LogP contribution in [0.1, 0.15) is 28.1 Å². The van der Waals surface area contributed by atoms with E-state index in [1.807, 2.05) is 55.5 Å². The van der Waals surface area contributed by atoms with Crippen LogP contribution in [0, 0.1) is 6.92 Å². The number of ether oxygens (including phenoxy) is 1. The molecule has 0 N–H and O–H groups in total. The third-order valence-electron chi connectivity index (χ3n) is 5.44. The van der Waals surface area contributed by atoms with Crippen LogP contribution >= 0.6 is 0 Å². The van der Waals surface area contributed by atoms with E-state index in [4.69, 9.17) is 9.15 Å². The van der Waals surface area contributed by atoms with Crippen LogP contribution in [0.3, 0.4) is 0 Å². The van der Waals surface area contributed by atoms with E-state index >= 15 is 0 Å². The van der Waals surface area contributed by atoms with Gasteiger partial charge >= 0.3 is 0 Å². The van der Waals surface area contributed by atoms with Crippen LogP contribution in [-0.4, -0.2) is 43.9 Å². The third-order valence-corrected chi connectivity index (χ3v) is 7.19. The zero-order valence-corrected chi connectivity index (χ0v) is 17.2. The van der Waals surface area contributed by atoms with Crippen molar-refractivity contribution >= 4 is 26.7 Å². The van der Waals surface area contributed by atoms with Gasteiger partial charge in [-0.25, -0.2) is 8.42 Å². The Hall–Kier alpha value is -2.80. The summed E-state index contributed by atoms with van der Waals surface area (Å²) < 4.78 is 35.3. The first-order chi connectivity index (χ1) is 13.9. The topological polar surface area (TPSA) is 76.8 Å². The minimum Gasteiger partial charge on any atom is -0.497 e. The fourth-order valence-corrected chi connectivity index (χ4v) is 5.59. The Morgan fingerprint density at radius 1 is 1.21 bits per heavy atom. The second-order valence-electron chi connectivity index (χ2n) is 7.39. The number of furan rings is 1. The first-order valence-electron chi connectivity index (χ1n) is 9.50. The molecule has 0 radical (unpaired) electrons. The van der Waals surface area contributed by atoms with E-state index in [9.17, 15) is 13.2 Å². The number of hydrogen-bond acceptors (Lipinski definition) is 5. The molecule has 7 heteroatoms. The zero-order valence-electron chi connectivity index (χ0n) is 16.4. The molecule has 1 aliphatic rings. The smallest absolute Gasteiger partial charge is 0.290 e. The molecule has 0 aliphatic carbocycles. The number of amides is 1. The molecule has 1 aliphatic heterocycles. The monoisotopic (exact) mass is 413 g/mol. The Labute approximate surface area is 170 Å². The summed E-state index contributed by atoms with van der Waals surface area (Å²) in [6.45, 7) is 2.14. The van der Waals surface area contributed by atoms with Gasteiger partial charge in [0.05, 0.1) is 18.6 Å². The molecule has 1 atom stereocenters. The van der Waals surface area contributed by atoms with Gasteiger partial charge in [0.15, 0.2) is 15.6 Å². The molecule has 1 amide bonds. The first-order valence-corrected chi connectivity index (χ1v) is 11.3. The molecule has 2 heterocycles. The van der Waals surface area contributed by atoms with Gasteiger partial charge < -0.3 is 14.1 Å². The highest BCUT2D eigenvalue weighted by Gasteiger charge is 2.36. The van der Waals surface area contributed by atoms with Gasteiger partial charge in [-0.15, -0.1) is 0 Å². The van der Waals surface area contributed by atoms with Gasteiger partial charge in [-0.1, -0.05) is 30.3 Å². The summed E-state index contributed by atoms with van der Waals surface area (Å²) in [4.78, 5) is 15.1. The number of carbonyl (C=O) groups is 1. The Morgan fingerprint density at radius 2 is 2.00 bits per heavy atom. The summed E-state index contributed by atoms with van der Waals surface area (Å²) in [7, 11) is -1.56. The number of sulfone groups is 1. The molecule has 0 bridgehead atoms. The first kappa shape index (κ1) is 19.5. The Morgan fingerprint density at radius 3 is 2.69 bits per heavy atom. The SMILES string of the molecule is COc1cccc(CN(C(=O)c2oc3ccccc3c2C)[C@H]2CCS(=O)(=O)C2)c1. The van der Waals surface area contributed by atoms with Crippen molar-refractivity contribution in [1.82, 2.24) is 4.90 Å². The standard InChI is InChI=1S/C22H23NO5S/c1-15-19-8-3-4-9-20(19)28-21(15)22(24)23(17-10-11-29(25,26)14-17)13-16-6-5-7-18(12-16)27-2/h3-9,12,17H,10-11,13-14H2,1-2H3/t17-/m0/s1. The van der Waals surface area contributed by atoms with Gasteiger partial charge in [0.1, 0.15) is 11.3 Å². The maximum Gasteiger partial charge on any atom is 0.290 e. The lowest BCUT2D eigenvalue weighted by Crippen LogP contribution is -2.40. The molecule has 4 rings (SSSR count). The average molecular weight is 413 g/mol. The number of nitrogens with zero attached hydrogens (tertiary/aromatic N) is 1. The Bertz CT molecular complexity index is 1160. The molecular formula is C22H23NO5S. The van der Waals surface area contributed by atoms with Crippen molar-refractivity contribution in [2.45, 2.75) is 25.9 Å². The molecule has 0 unspecified atom stereocenters. The van der Waals surface area contributed by atoms with Crippen LogP contribution in [-0.2, 0) is 16.4 Å². The Kier molecular flexibility index (Phi) is 5.08. The number of rotatable bonds is 5. The highest BCUT2D eigenvalue weighted by atomic mass is 32.2. The van der Waals surface area contributed by atoms with E-state index in [2.05, 4.69) is 0 Å². The molecule has 0 saturated carbocycles. The molecule has 29 heavy (non-hydrogen) atoms. The molecule has 1 fully saturated rings. The van der Waals surface area contributed by atoms with E-state index in [0.29, 0.717) is 17.8 Å². The quantitative estimate of drug-likeness (QED) is 0.639. The number of hydrogen-bond donors (Lipinski definition) is 0. The summed E-state index contributed by atoms with van der Waals surface area (Å²) in [5.74, 6) is 0.733. The fourth-order valence-electron chi connectivity index (χ4n) is 3.86. The maximum absolute atomic E-state index is 13.5. The number of para-hydroxylation sites is 1. The number of benzene rings is 2. The van der Waals surface area contributed by atoms with Gasteiger partial charge in [0.2, 0.25) is 0 Å². The largest absolute Gasteiger partial charge is 0.497 e. The molecule has 2 aromatic carbocycles. The Balaban J connectivity index is 1.72. The number of carbonyl (C=O) groups excluding carboxylic acids is 1. The van der Waals surface area contributed by atoms with Crippen molar-refractivity contribution in [3.63, 3.8) is 0 Å². The van der Waals surface area contributed by atoms with Crippen LogP contribution < -0.4 is 4.74 Å². The predicted molar refractivity (Wildman–Crippen MR) is 111 cm³/mol. The zero-order chi connectivity index (χ0) is 20.6. The summed E-state index contributed by atoms with van der Waals surface area (Å²) in [5, 5.41) is 0.885. The van der Waals surface area contributed by atoms with E-state index < -0.39 is 9.84 Å². The second kappa shape index (κ2) is 7.55. The highest BCUT2D eigenvalue weighted by Crippen LogP contribution is 2.29. The lowest BCUT2D eigenvalue weighted by atomic mass is 10.1. The summed E-state index contributed by atoms with van der Waals surface area (Å²) in [6.07, 6.45) is 0.428. The number of fused-ring (bicyclic) bond motifs is 1. The van der Waals surface area contributed by atoms with Gasteiger partial charge in [-0.05, 0) is 37.1 Å². The van der Waals surface area contributed by atoms with Crippen LogP contribution in [0.2, 0.25) is 0 Å². The van der Waals surface area contributed by atoms with E-state index in [0.717, 1.165) is 16.5 Å². The summed E-state index contributed by atoms with van der Waals surface area (Å²) in [5.41, 5.74) is 2.28. The average Bonchev–Trinajstić information content (AvgIpc) is 3.25. The maximum atomic E-state index is 13.5. The highest BCUT2D eigenvalue weighted by molar-refractivity contribution is 7.91. The molecule has 1 saturated heterocycles. The van der Waals surface area contributed by atoms with Gasteiger partial charge in [0.25, 0.3) is 5.91 Å². The molecule has 3 aromatic rings. The van der Waals surface area contributed by atoms with Crippen molar-refractivity contribution in [2.24, 2.45) is 0 Å². The molecule has 0 spiro atoms. The van der Waals surface area contributed by atoms with Gasteiger partial charge in [0, 0.05) is 23.5 Å². The van der Waals surface area contributed by atoms with E-state index in [1.165, 1.54) is 0 Å². The van der Waals surface area contributed by atoms with E-state index in [-0.39, 0.29) is 35.8 Å². The molecular weight excluding hydrogens is 390 g/mol. The fraction of sp³-hybridized carbons (Fsp3) is 0.318. The lowest BCUT2D eigenvalue weighted by Gasteiger charge is -2.28. The van der Waals surface area contributed by atoms with Crippen LogP contribution in [0.25, 0.3) is 11.0 Å². The van der Waals surface area contributed by atoms with Crippen LogP contribution in [0.5, 0.6) is 5.75 Å².